The third kappa shape index (κ3) is 10.6. The summed E-state index contributed by atoms with van der Waals surface area (Å²) >= 11 is 0. The van der Waals surface area contributed by atoms with Crippen molar-refractivity contribution in [3.63, 3.8) is 0 Å². The van der Waals surface area contributed by atoms with E-state index >= 15 is 0 Å². The van der Waals surface area contributed by atoms with E-state index in [1.807, 2.05) is 0 Å². The monoisotopic (exact) mass is 604 g/mol. The van der Waals surface area contributed by atoms with Gasteiger partial charge in [-0.25, -0.2) is 16.3 Å². The van der Waals surface area contributed by atoms with Crippen molar-refractivity contribution in [2.24, 2.45) is 37.6 Å². The summed E-state index contributed by atoms with van der Waals surface area (Å²) in [6.07, 6.45) is 0. The van der Waals surface area contributed by atoms with Crippen LogP contribution in [0.2, 0.25) is 0 Å². The highest BCUT2D eigenvalue weighted by Crippen LogP contribution is 2.19. The minimum atomic E-state index is -0.975. The molecule has 0 heterocycles. The van der Waals surface area contributed by atoms with Crippen LogP contribution < -0.4 is 49.5 Å². The van der Waals surface area contributed by atoms with Crippen molar-refractivity contribution in [3.8, 4) is 0 Å². The Balaban J connectivity index is 2.44. The van der Waals surface area contributed by atoms with Crippen LogP contribution in [-0.2, 0) is 9.59 Å². The van der Waals surface area contributed by atoms with Gasteiger partial charge < -0.3 is 33.3 Å². The van der Waals surface area contributed by atoms with Gasteiger partial charge in [-0.1, -0.05) is 0 Å². The van der Waals surface area contributed by atoms with Gasteiger partial charge in [-0.3, -0.25) is 25.8 Å². The van der Waals surface area contributed by atoms with Crippen LogP contribution in [0.15, 0.2) is 56.8 Å². The van der Waals surface area contributed by atoms with E-state index in [1.54, 1.807) is 71.1 Å². The predicted molar refractivity (Wildman–Crippen MR) is 173 cm³/mol. The summed E-state index contributed by atoms with van der Waals surface area (Å²) in [4.78, 5) is 26.0. The van der Waals surface area contributed by atoms with Crippen molar-refractivity contribution in [1.82, 2.24) is 21.7 Å². The highest BCUT2D eigenvalue weighted by atomic mass is 16.2. The van der Waals surface area contributed by atoms with Gasteiger partial charge >= 0.3 is 11.8 Å². The van der Waals surface area contributed by atoms with E-state index in [2.05, 4.69) is 52.7 Å². The number of nitrogens with two attached hydrogens (primary N) is 3. The number of carbonyl (C=O) groups excluding carboxylic acids is 2. The summed E-state index contributed by atoms with van der Waals surface area (Å²) in [5.41, 5.74) is 30.4. The van der Waals surface area contributed by atoms with E-state index < -0.39 is 11.8 Å². The number of benzene rings is 2. The van der Waals surface area contributed by atoms with Crippen molar-refractivity contribution < 1.29 is 9.59 Å². The molecule has 0 saturated carbocycles. The molecular weight excluding hydrogens is 568 g/mol. The molecule has 2 aromatic rings. The van der Waals surface area contributed by atoms with Crippen LogP contribution in [0.3, 0.4) is 0 Å². The molecule has 0 fully saturated rings. The molecule has 2 amide bonds. The van der Waals surface area contributed by atoms with Gasteiger partial charge in [-0.2, -0.15) is 20.4 Å². The zero-order valence-electron chi connectivity index (χ0n) is 24.8. The van der Waals surface area contributed by atoms with E-state index in [-0.39, 0.29) is 29.3 Å². The molecular formula is C26H36N16O2. The van der Waals surface area contributed by atoms with E-state index in [1.165, 1.54) is 0 Å². The summed E-state index contributed by atoms with van der Waals surface area (Å²) < 4.78 is 0. The Hall–Kier alpha value is -6.33. The van der Waals surface area contributed by atoms with Crippen molar-refractivity contribution in [2.45, 2.75) is 27.7 Å². The second-order valence-electron chi connectivity index (χ2n) is 9.10. The van der Waals surface area contributed by atoms with Gasteiger partial charge in [0.25, 0.3) is 0 Å². The molecule has 15 N–H and O–H groups in total. The number of nitrogens with zero attached hydrogens (tertiary/aromatic N) is 4. The Bertz CT molecular complexity index is 1540. The van der Waals surface area contributed by atoms with Crippen molar-refractivity contribution in [1.29, 1.82) is 16.2 Å². The number of anilines is 2. The van der Waals surface area contributed by atoms with Crippen LogP contribution >= 0.6 is 0 Å². The van der Waals surface area contributed by atoms with E-state index in [0.717, 1.165) is 0 Å². The van der Waals surface area contributed by atoms with Gasteiger partial charge in [0, 0.05) is 40.7 Å². The molecule has 18 nitrogen and oxygen atoms in total. The molecule has 0 aliphatic rings. The highest BCUT2D eigenvalue weighted by molar-refractivity contribution is 6.43. The fraction of sp³-hybridized carbons (Fsp3) is 0.192. The van der Waals surface area contributed by atoms with Crippen LogP contribution in [0.4, 0.5) is 11.4 Å². The SMILES string of the molecule is CN/N=C(/C)c1cc(NC(=O)C(=O)Nc2cc(/C(C)=N\NC(=N)N)cc(/C(C)=N/NC(=N)N)c2)cc(/C(C)=N\NC(=N)N)c1. The van der Waals surface area contributed by atoms with Gasteiger partial charge in [0.05, 0.1) is 22.8 Å². The Morgan fingerprint density at radius 1 is 0.545 bits per heavy atom. The number of nitrogens with one attached hydrogen (secondary N) is 9. The van der Waals surface area contributed by atoms with E-state index in [4.69, 9.17) is 33.4 Å². The van der Waals surface area contributed by atoms with Gasteiger partial charge in [0.2, 0.25) is 17.9 Å². The maximum atomic E-state index is 13.0. The Morgan fingerprint density at radius 2 is 0.818 bits per heavy atom. The zero-order chi connectivity index (χ0) is 33.0. The number of rotatable bonds is 10. The number of hydrogen-bond acceptors (Lipinski definition) is 10. The topological polar surface area (TPSA) is 305 Å². The maximum absolute atomic E-state index is 13.0. The first-order valence-corrected chi connectivity index (χ1v) is 12.8. The molecule has 0 saturated heterocycles. The second-order valence-corrected chi connectivity index (χ2v) is 9.10. The fourth-order valence-corrected chi connectivity index (χ4v) is 3.47. The third-order valence-corrected chi connectivity index (χ3v) is 5.57. The molecule has 44 heavy (non-hydrogen) atoms. The molecule has 2 rings (SSSR count). The van der Waals surface area contributed by atoms with Crippen molar-refractivity contribution >= 4 is 63.9 Å². The van der Waals surface area contributed by atoms with Crippen LogP contribution in [0.25, 0.3) is 0 Å². The van der Waals surface area contributed by atoms with Crippen LogP contribution in [0.1, 0.15) is 49.9 Å². The Labute approximate surface area is 253 Å². The number of hydrogen-bond donors (Lipinski definition) is 12. The maximum Gasteiger partial charge on any atom is 0.314 e. The molecule has 0 atom stereocenters. The zero-order valence-corrected chi connectivity index (χ0v) is 24.8. The summed E-state index contributed by atoms with van der Waals surface area (Å²) in [6.45, 7) is 6.73. The standard InChI is InChI=1S/C26H36N16O2/c1-12(36-33-5)16-6-17(13(2)37-40-24(27)28)9-20(8-16)34-22(43)23(44)35-21-10-18(14(3)38-41-25(29)30)7-19(11-21)15(4)39-42-26(31)32/h6-11,33H,1-5H3,(H,34,43)(H,35,44)(H4,27,28,40)(H4,29,30,41)(H4,31,32,42)/b36-12-,37-13-,38-14-,39-15+. The lowest BCUT2D eigenvalue weighted by Gasteiger charge is -2.13. The highest BCUT2D eigenvalue weighted by Gasteiger charge is 2.17. The normalized spacial score (nSPS) is 12.1. The molecule has 0 aliphatic heterocycles. The average Bonchev–Trinajstić information content (AvgIpc) is 2.96. The first-order valence-electron chi connectivity index (χ1n) is 12.8. The summed E-state index contributed by atoms with van der Waals surface area (Å²) in [5, 5.41) is 43.4. The molecule has 0 aromatic heterocycles. The lowest BCUT2D eigenvalue weighted by Crippen LogP contribution is -2.29. The molecule has 0 bridgehead atoms. The molecule has 0 unspecified atom stereocenters. The summed E-state index contributed by atoms with van der Waals surface area (Å²) in [7, 11) is 1.64. The average molecular weight is 605 g/mol. The molecule has 0 spiro atoms. The van der Waals surface area contributed by atoms with Gasteiger partial charge in [-0.05, 0) is 64.1 Å². The molecule has 2 aromatic carbocycles. The predicted octanol–water partition coefficient (Wildman–Crippen LogP) is -0.172. The number of amides is 2. The largest absolute Gasteiger partial charge is 0.369 e. The second kappa shape index (κ2) is 15.6. The third-order valence-electron chi connectivity index (χ3n) is 5.57. The van der Waals surface area contributed by atoms with Gasteiger partial charge in [0.1, 0.15) is 0 Å². The Morgan fingerprint density at radius 3 is 1.07 bits per heavy atom. The lowest BCUT2D eigenvalue weighted by molar-refractivity contribution is -0.132. The fourth-order valence-electron chi connectivity index (χ4n) is 3.47. The lowest BCUT2D eigenvalue weighted by atomic mass is 10.0. The smallest absolute Gasteiger partial charge is 0.314 e. The molecule has 0 radical (unpaired) electrons. The molecule has 18 heteroatoms. The minimum Gasteiger partial charge on any atom is -0.369 e. The minimum absolute atomic E-state index is 0.233. The van der Waals surface area contributed by atoms with E-state index in [0.29, 0.717) is 45.1 Å². The van der Waals surface area contributed by atoms with Gasteiger partial charge in [0.15, 0.2) is 0 Å². The molecule has 232 valence electrons. The first-order chi connectivity index (χ1) is 20.7. The van der Waals surface area contributed by atoms with Crippen LogP contribution in [-0.4, -0.2) is 59.6 Å². The number of hydrazone groups is 4. The van der Waals surface area contributed by atoms with Crippen molar-refractivity contribution in [3.05, 3.63) is 58.7 Å². The van der Waals surface area contributed by atoms with Crippen LogP contribution in [0, 0.1) is 16.2 Å². The van der Waals surface area contributed by atoms with Crippen molar-refractivity contribution in [2.75, 3.05) is 17.7 Å². The first kappa shape index (κ1) is 33.9. The van der Waals surface area contributed by atoms with Gasteiger partial charge in [-0.15, -0.1) is 0 Å². The number of guanidine groups is 3. The summed E-state index contributed by atoms with van der Waals surface area (Å²) in [6, 6.07) is 9.85. The Kier molecular flexibility index (Phi) is 12.0. The van der Waals surface area contributed by atoms with Crippen LogP contribution in [0.5, 0.6) is 0 Å². The molecule has 0 aliphatic carbocycles. The quantitative estimate of drug-likeness (QED) is 0.0740. The summed E-state index contributed by atoms with van der Waals surface area (Å²) in [5.74, 6) is -3.03. The number of carbonyl (C=O) groups is 2. The van der Waals surface area contributed by atoms with E-state index in [9.17, 15) is 9.59 Å².